The molecule has 2 aromatic rings. The zero-order valence-corrected chi connectivity index (χ0v) is 15.4. The lowest BCUT2D eigenvalue weighted by Crippen LogP contribution is -1.99. The molecule has 0 amide bonds. The van der Waals surface area contributed by atoms with Gasteiger partial charge < -0.3 is 0 Å². The Bertz CT molecular complexity index is 602. The zero-order chi connectivity index (χ0) is 14.7. The van der Waals surface area contributed by atoms with Crippen molar-refractivity contribution >= 4 is 31.9 Å². The largest absolute Gasteiger partial charge is 0.0786 e. The third-order valence-corrected chi connectivity index (χ3v) is 5.88. The molecule has 106 valence electrons. The highest BCUT2D eigenvalue weighted by atomic mass is 79.9. The van der Waals surface area contributed by atoms with Crippen LogP contribution in [0.25, 0.3) is 0 Å². The van der Waals surface area contributed by atoms with Gasteiger partial charge in [-0.1, -0.05) is 82.1 Å². The average Bonchev–Trinajstić information content (AvgIpc) is 2.48. The second-order valence-electron chi connectivity index (χ2n) is 5.08. The summed E-state index contributed by atoms with van der Waals surface area (Å²) in [7, 11) is 0. The molecule has 2 heteroatoms. The van der Waals surface area contributed by atoms with Crippen molar-refractivity contribution in [2.24, 2.45) is 0 Å². The van der Waals surface area contributed by atoms with Crippen LogP contribution in [0.5, 0.6) is 0 Å². The number of benzene rings is 2. The Hall–Kier alpha value is -0.600. The first-order valence-corrected chi connectivity index (χ1v) is 8.80. The van der Waals surface area contributed by atoms with E-state index in [1.807, 2.05) is 0 Å². The molecule has 1 unspecified atom stereocenters. The first kappa shape index (κ1) is 15.8. The van der Waals surface area contributed by atoms with E-state index >= 15 is 0 Å². The molecule has 2 aromatic carbocycles. The van der Waals surface area contributed by atoms with Crippen molar-refractivity contribution in [1.29, 1.82) is 0 Å². The van der Waals surface area contributed by atoms with Crippen LogP contribution in [-0.2, 0) is 12.8 Å². The van der Waals surface area contributed by atoms with Crippen molar-refractivity contribution in [3.63, 3.8) is 0 Å². The summed E-state index contributed by atoms with van der Waals surface area (Å²) in [5.41, 5.74) is 6.80. The minimum Gasteiger partial charge on any atom is -0.0786 e. The number of aryl methyl sites for hydroxylation is 3. The van der Waals surface area contributed by atoms with Crippen LogP contribution in [0.4, 0.5) is 0 Å². The Morgan fingerprint density at radius 2 is 1.70 bits per heavy atom. The van der Waals surface area contributed by atoms with Gasteiger partial charge in [0.25, 0.3) is 0 Å². The molecule has 0 saturated heterocycles. The normalized spacial score (nSPS) is 12.4. The quantitative estimate of drug-likeness (QED) is 0.527. The molecule has 0 bridgehead atoms. The molecular formula is C18H20Br2. The average molecular weight is 396 g/mol. The van der Waals surface area contributed by atoms with Gasteiger partial charge in [0.15, 0.2) is 0 Å². The highest BCUT2D eigenvalue weighted by molar-refractivity contribution is 9.11. The Morgan fingerprint density at radius 3 is 2.35 bits per heavy atom. The fraction of sp³-hybridized carbons (Fsp3) is 0.333. The molecule has 0 heterocycles. The summed E-state index contributed by atoms with van der Waals surface area (Å²) in [4.78, 5) is 0.230. The summed E-state index contributed by atoms with van der Waals surface area (Å²) >= 11 is 7.57. The minimum atomic E-state index is 0.230. The van der Waals surface area contributed by atoms with E-state index in [0.29, 0.717) is 0 Å². The maximum Gasteiger partial charge on any atom is 0.0655 e. The Morgan fingerprint density at radius 1 is 1.00 bits per heavy atom. The van der Waals surface area contributed by atoms with E-state index in [0.717, 1.165) is 12.8 Å². The van der Waals surface area contributed by atoms with E-state index in [2.05, 4.69) is 89.0 Å². The van der Waals surface area contributed by atoms with Gasteiger partial charge in [-0.2, -0.15) is 0 Å². The van der Waals surface area contributed by atoms with Gasteiger partial charge in [-0.25, -0.2) is 0 Å². The summed E-state index contributed by atoms with van der Waals surface area (Å²) in [5, 5.41) is 0. The zero-order valence-electron chi connectivity index (χ0n) is 12.2. The van der Waals surface area contributed by atoms with Crippen LogP contribution in [0.2, 0.25) is 0 Å². The lowest BCUT2D eigenvalue weighted by atomic mass is 9.96. The standard InChI is InChI=1S/C18H20Br2/c1-4-13-9-10-15(11-14(13)5-2)18(20)16-8-6-7-12(3)17(16)19/h6-11,18H,4-5H2,1-3H3. The SMILES string of the molecule is CCc1ccc(C(Br)c2cccc(C)c2Br)cc1CC. The molecular weight excluding hydrogens is 376 g/mol. The first-order chi connectivity index (χ1) is 9.58. The van der Waals surface area contributed by atoms with Crippen LogP contribution in [0, 0.1) is 6.92 Å². The number of alkyl halides is 1. The van der Waals surface area contributed by atoms with Gasteiger partial charge in [0.2, 0.25) is 0 Å². The van der Waals surface area contributed by atoms with Crippen molar-refractivity contribution in [2.45, 2.75) is 38.4 Å². The summed E-state index contributed by atoms with van der Waals surface area (Å²) in [6.45, 7) is 6.58. The highest BCUT2D eigenvalue weighted by Crippen LogP contribution is 2.37. The van der Waals surface area contributed by atoms with E-state index < -0.39 is 0 Å². The van der Waals surface area contributed by atoms with Gasteiger partial charge in [0.05, 0.1) is 4.83 Å². The topological polar surface area (TPSA) is 0 Å². The maximum atomic E-state index is 3.86. The van der Waals surface area contributed by atoms with E-state index in [4.69, 9.17) is 0 Å². The lowest BCUT2D eigenvalue weighted by molar-refractivity contribution is 1.02. The Balaban J connectivity index is 2.43. The molecule has 0 radical (unpaired) electrons. The van der Waals surface area contributed by atoms with Crippen molar-refractivity contribution in [2.75, 3.05) is 0 Å². The summed E-state index contributed by atoms with van der Waals surface area (Å²) in [5.74, 6) is 0. The van der Waals surface area contributed by atoms with Gasteiger partial charge in [-0.05, 0) is 47.6 Å². The van der Waals surface area contributed by atoms with Gasteiger partial charge >= 0.3 is 0 Å². The Labute approximate surface area is 138 Å². The number of hydrogen-bond donors (Lipinski definition) is 0. The molecule has 0 aromatic heterocycles. The molecule has 0 N–H and O–H groups in total. The predicted octanol–water partition coefficient (Wildman–Crippen LogP) is 6.37. The third kappa shape index (κ3) is 3.17. The lowest BCUT2D eigenvalue weighted by Gasteiger charge is -2.16. The molecule has 20 heavy (non-hydrogen) atoms. The molecule has 2 rings (SSSR count). The molecule has 0 aliphatic heterocycles. The van der Waals surface area contributed by atoms with Crippen LogP contribution in [-0.4, -0.2) is 0 Å². The van der Waals surface area contributed by atoms with Crippen LogP contribution >= 0.6 is 31.9 Å². The van der Waals surface area contributed by atoms with E-state index in [9.17, 15) is 0 Å². The fourth-order valence-electron chi connectivity index (χ4n) is 2.52. The number of rotatable bonds is 4. The van der Waals surface area contributed by atoms with E-state index in [-0.39, 0.29) is 4.83 Å². The molecule has 0 aliphatic carbocycles. The predicted molar refractivity (Wildman–Crippen MR) is 94.8 cm³/mol. The van der Waals surface area contributed by atoms with Crippen molar-refractivity contribution in [1.82, 2.24) is 0 Å². The molecule has 0 fully saturated rings. The fourth-order valence-corrected chi connectivity index (χ4v) is 3.99. The molecule has 0 aliphatic rings. The summed E-state index contributed by atoms with van der Waals surface area (Å²) in [6.07, 6.45) is 2.19. The minimum absolute atomic E-state index is 0.230. The van der Waals surface area contributed by atoms with Crippen LogP contribution in [0.1, 0.15) is 46.5 Å². The van der Waals surface area contributed by atoms with Gasteiger partial charge in [0.1, 0.15) is 0 Å². The monoisotopic (exact) mass is 394 g/mol. The van der Waals surface area contributed by atoms with Crippen molar-refractivity contribution < 1.29 is 0 Å². The molecule has 0 spiro atoms. The van der Waals surface area contributed by atoms with Gasteiger partial charge in [-0.3, -0.25) is 0 Å². The highest BCUT2D eigenvalue weighted by Gasteiger charge is 2.15. The van der Waals surface area contributed by atoms with Gasteiger partial charge in [-0.15, -0.1) is 0 Å². The van der Waals surface area contributed by atoms with Crippen molar-refractivity contribution in [3.05, 3.63) is 68.7 Å². The van der Waals surface area contributed by atoms with E-state index in [1.54, 1.807) is 0 Å². The molecule has 1 atom stereocenters. The smallest absolute Gasteiger partial charge is 0.0655 e. The number of halogens is 2. The maximum absolute atomic E-state index is 3.86. The van der Waals surface area contributed by atoms with Crippen molar-refractivity contribution in [3.8, 4) is 0 Å². The first-order valence-electron chi connectivity index (χ1n) is 7.09. The van der Waals surface area contributed by atoms with Crippen LogP contribution < -0.4 is 0 Å². The second-order valence-corrected chi connectivity index (χ2v) is 6.78. The molecule has 0 nitrogen and oxygen atoms in total. The summed E-state index contributed by atoms with van der Waals surface area (Å²) in [6, 6.07) is 13.3. The third-order valence-electron chi connectivity index (χ3n) is 3.78. The van der Waals surface area contributed by atoms with Gasteiger partial charge in [0, 0.05) is 4.47 Å². The summed E-state index contributed by atoms with van der Waals surface area (Å²) < 4.78 is 1.19. The Kier molecular flexibility index (Phi) is 5.45. The number of hydrogen-bond acceptors (Lipinski definition) is 0. The second kappa shape index (κ2) is 6.91. The van der Waals surface area contributed by atoms with Crippen LogP contribution in [0.15, 0.2) is 40.9 Å². The van der Waals surface area contributed by atoms with E-state index in [1.165, 1.54) is 32.3 Å². The molecule has 0 saturated carbocycles. The van der Waals surface area contributed by atoms with Crippen LogP contribution in [0.3, 0.4) is 0 Å².